The molecule has 84 valence electrons. The number of thioether (sulfide) groups is 1. The van der Waals surface area contributed by atoms with E-state index in [2.05, 4.69) is 10.3 Å². The Labute approximate surface area is 95.1 Å². The van der Waals surface area contributed by atoms with E-state index in [1.54, 1.807) is 0 Å². The second-order valence-corrected chi connectivity index (χ2v) is 5.60. The van der Waals surface area contributed by atoms with Gasteiger partial charge >= 0.3 is 0 Å². The zero-order valence-electron chi connectivity index (χ0n) is 9.16. The first kappa shape index (κ1) is 11.0. The maximum atomic E-state index is 11.2. The second-order valence-electron chi connectivity index (χ2n) is 4.31. The van der Waals surface area contributed by atoms with Gasteiger partial charge in [0.2, 0.25) is 5.91 Å². The Kier molecular flexibility index (Phi) is 3.67. The molecule has 0 aromatic rings. The van der Waals surface area contributed by atoms with Gasteiger partial charge in [0, 0.05) is 5.25 Å². The maximum absolute atomic E-state index is 11.2. The Morgan fingerprint density at radius 2 is 2.13 bits per heavy atom. The highest BCUT2D eigenvalue weighted by Crippen LogP contribution is 2.28. The van der Waals surface area contributed by atoms with Gasteiger partial charge in [-0.15, -0.1) is 0 Å². The van der Waals surface area contributed by atoms with Gasteiger partial charge in [0.05, 0.1) is 5.75 Å². The zero-order chi connectivity index (χ0) is 10.7. The molecule has 0 aromatic carbocycles. The van der Waals surface area contributed by atoms with Crippen LogP contribution in [0.25, 0.3) is 0 Å². The summed E-state index contributed by atoms with van der Waals surface area (Å²) in [7, 11) is 0. The lowest BCUT2D eigenvalue weighted by Crippen LogP contribution is -2.29. The Bertz CT molecular complexity index is 272. The highest BCUT2D eigenvalue weighted by atomic mass is 32.2. The zero-order valence-corrected chi connectivity index (χ0v) is 9.98. The lowest BCUT2D eigenvalue weighted by Gasteiger charge is -2.20. The summed E-state index contributed by atoms with van der Waals surface area (Å²) in [5, 5.41) is 3.62. The van der Waals surface area contributed by atoms with Crippen molar-refractivity contribution < 1.29 is 4.79 Å². The normalized spacial score (nSPS) is 27.7. The third-order valence-corrected chi connectivity index (χ3v) is 4.39. The van der Waals surface area contributed by atoms with Gasteiger partial charge < -0.3 is 5.32 Å². The van der Waals surface area contributed by atoms with Crippen LogP contribution < -0.4 is 5.32 Å². The van der Waals surface area contributed by atoms with Crippen LogP contribution in [-0.2, 0) is 4.79 Å². The molecule has 1 aliphatic carbocycles. The van der Waals surface area contributed by atoms with Gasteiger partial charge in [-0.3, -0.25) is 9.79 Å². The van der Waals surface area contributed by atoms with Crippen molar-refractivity contribution in [2.24, 2.45) is 4.99 Å². The summed E-state index contributed by atoms with van der Waals surface area (Å²) < 4.78 is 0. The summed E-state index contributed by atoms with van der Waals surface area (Å²) in [4.78, 5) is 15.5. The molecule has 1 aliphatic heterocycles. The standard InChI is InChI=1S/C11H18N2OS/c1-8-11(14)13-10(12-8)7-15-9-5-3-2-4-6-9/h8-9H,2-7H2,1H3,(H,12,13,14). The van der Waals surface area contributed by atoms with Crippen molar-refractivity contribution in [3.05, 3.63) is 0 Å². The molecule has 2 rings (SSSR count). The van der Waals surface area contributed by atoms with Crippen LogP contribution in [0.5, 0.6) is 0 Å². The smallest absolute Gasteiger partial charge is 0.249 e. The number of carbonyl (C=O) groups is 1. The van der Waals surface area contributed by atoms with Crippen LogP contribution >= 0.6 is 11.8 Å². The molecule has 1 heterocycles. The third-order valence-electron chi connectivity index (χ3n) is 3.00. The van der Waals surface area contributed by atoms with Crippen molar-refractivity contribution in [3.63, 3.8) is 0 Å². The topological polar surface area (TPSA) is 41.5 Å². The molecule has 3 nitrogen and oxygen atoms in total. The molecular formula is C11H18N2OS. The minimum Gasteiger partial charge on any atom is -0.312 e. The van der Waals surface area contributed by atoms with Crippen LogP contribution in [0.2, 0.25) is 0 Å². The van der Waals surface area contributed by atoms with E-state index < -0.39 is 0 Å². The number of nitrogens with one attached hydrogen (secondary N) is 1. The summed E-state index contributed by atoms with van der Waals surface area (Å²) in [6.07, 6.45) is 6.80. The van der Waals surface area contributed by atoms with Gasteiger partial charge in [0.15, 0.2) is 0 Å². The summed E-state index contributed by atoms with van der Waals surface area (Å²) in [6, 6.07) is -0.174. The molecule has 0 radical (unpaired) electrons. The fourth-order valence-electron chi connectivity index (χ4n) is 2.07. The highest BCUT2D eigenvalue weighted by molar-refractivity contribution is 8.00. The molecular weight excluding hydrogens is 208 g/mol. The SMILES string of the molecule is CC1N=C(CSC2CCCCC2)NC1=O. The number of carbonyl (C=O) groups excluding carboxylic acids is 1. The van der Waals surface area contributed by atoms with Gasteiger partial charge in [-0.05, 0) is 19.8 Å². The van der Waals surface area contributed by atoms with Crippen LogP contribution in [0.1, 0.15) is 39.0 Å². The third kappa shape index (κ3) is 2.97. The summed E-state index contributed by atoms with van der Waals surface area (Å²) in [5.74, 6) is 1.80. The molecule has 0 spiro atoms. The van der Waals surface area contributed by atoms with Crippen molar-refractivity contribution in [3.8, 4) is 0 Å². The van der Waals surface area contributed by atoms with Gasteiger partial charge in [-0.1, -0.05) is 19.3 Å². The first-order chi connectivity index (χ1) is 7.25. The lowest BCUT2D eigenvalue weighted by atomic mass is 10.0. The second kappa shape index (κ2) is 5.01. The van der Waals surface area contributed by atoms with E-state index in [0.717, 1.165) is 16.8 Å². The highest BCUT2D eigenvalue weighted by Gasteiger charge is 2.22. The van der Waals surface area contributed by atoms with Gasteiger partial charge in [0.1, 0.15) is 11.9 Å². The summed E-state index contributed by atoms with van der Waals surface area (Å²) in [6.45, 7) is 1.84. The fraction of sp³-hybridized carbons (Fsp3) is 0.818. The number of aliphatic imine (C=N–C) groups is 1. The van der Waals surface area contributed by atoms with Gasteiger partial charge in [0.25, 0.3) is 0 Å². The first-order valence-corrected chi connectivity index (χ1v) is 6.80. The minimum absolute atomic E-state index is 0.0502. The molecule has 1 atom stereocenters. The summed E-state index contributed by atoms with van der Waals surface area (Å²) in [5.41, 5.74) is 0. The lowest BCUT2D eigenvalue weighted by molar-refractivity contribution is -0.119. The molecule has 15 heavy (non-hydrogen) atoms. The Morgan fingerprint density at radius 1 is 1.40 bits per heavy atom. The van der Waals surface area contributed by atoms with Crippen molar-refractivity contribution in [2.45, 2.75) is 50.3 Å². The average Bonchev–Trinajstić information content (AvgIpc) is 2.57. The van der Waals surface area contributed by atoms with Crippen LogP contribution in [0.3, 0.4) is 0 Å². The quantitative estimate of drug-likeness (QED) is 0.799. The molecule has 0 saturated heterocycles. The molecule has 4 heteroatoms. The van der Waals surface area contributed by atoms with Crippen LogP contribution in [-0.4, -0.2) is 28.8 Å². The number of hydrogen-bond donors (Lipinski definition) is 1. The average molecular weight is 226 g/mol. The predicted molar refractivity (Wildman–Crippen MR) is 64.4 cm³/mol. The van der Waals surface area contributed by atoms with E-state index in [1.165, 1.54) is 32.1 Å². The van der Waals surface area contributed by atoms with Crippen molar-refractivity contribution in [1.82, 2.24) is 5.32 Å². The molecule has 1 saturated carbocycles. The Morgan fingerprint density at radius 3 is 2.73 bits per heavy atom. The molecule has 1 amide bonds. The molecule has 1 unspecified atom stereocenters. The van der Waals surface area contributed by atoms with Crippen LogP contribution in [0.15, 0.2) is 4.99 Å². The minimum atomic E-state index is -0.174. The van der Waals surface area contributed by atoms with Crippen LogP contribution in [0, 0.1) is 0 Å². The van der Waals surface area contributed by atoms with E-state index in [1.807, 2.05) is 18.7 Å². The maximum Gasteiger partial charge on any atom is 0.249 e. The van der Waals surface area contributed by atoms with Crippen LogP contribution in [0.4, 0.5) is 0 Å². The summed E-state index contributed by atoms with van der Waals surface area (Å²) >= 11 is 1.95. The monoisotopic (exact) mass is 226 g/mol. The number of rotatable bonds is 3. The van der Waals surface area contributed by atoms with E-state index in [4.69, 9.17) is 0 Å². The van der Waals surface area contributed by atoms with Gasteiger partial charge in [-0.25, -0.2) is 0 Å². The molecule has 0 aromatic heterocycles. The molecule has 2 aliphatic rings. The number of amides is 1. The van der Waals surface area contributed by atoms with Crippen molar-refractivity contribution in [2.75, 3.05) is 5.75 Å². The number of amidine groups is 1. The van der Waals surface area contributed by atoms with Gasteiger partial charge in [-0.2, -0.15) is 11.8 Å². The van der Waals surface area contributed by atoms with E-state index in [0.29, 0.717) is 0 Å². The predicted octanol–water partition coefficient (Wildman–Crippen LogP) is 1.97. The van der Waals surface area contributed by atoms with E-state index in [9.17, 15) is 4.79 Å². The fourth-order valence-corrected chi connectivity index (χ4v) is 3.28. The largest absolute Gasteiger partial charge is 0.312 e. The molecule has 1 fully saturated rings. The molecule has 1 N–H and O–H groups in total. The number of nitrogens with zero attached hydrogens (tertiary/aromatic N) is 1. The first-order valence-electron chi connectivity index (χ1n) is 5.75. The Balaban J connectivity index is 1.73. The van der Waals surface area contributed by atoms with E-state index in [-0.39, 0.29) is 11.9 Å². The number of hydrogen-bond acceptors (Lipinski definition) is 3. The Hall–Kier alpha value is -0.510. The molecule has 0 bridgehead atoms. The van der Waals surface area contributed by atoms with Crippen molar-refractivity contribution in [1.29, 1.82) is 0 Å². The van der Waals surface area contributed by atoms with Crippen molar-refractivity contribution >= 4 is 23.5 Å². The van der Waals surface area contributed by atoms with E-state index >= 15 is 0 Å².